The average molecular weight is 506 g/mol. The molecule has 1 amide bonds. The Kier molecular flexibility index (Phi) is 8.66. The van der Waals surface area contributed by atoms with Crippen molar-refractivity contribution in [2.75, 3.05) is 20.2 Å². The van der Waals surface area contributed by atoms with E-state index >= 15 is 0 Å². The second-order valence-corrected chi connectivity index (χ2v) is 9.71. The lowest BCUT2D eigenvalue weighted by Gasteiger charge is -2.31. The summed E-state index contributed by atoms with van der Waals surface area (Å²) < 4.78 is 43.9. The molecule has 5 nitrogen and oxygen atoms in total. The zero-order valence-electron chi connectivity index (χ0n) is 20.5. The molecule has 35 heavy (non-hydrogen) atoms. The Hall–Kier alpha value is -2.78. The van der Waals surface area contributed by atoms with Crippen molar-refractivity contribution in [3.8, 4) is 5.75 Å². The predicted octanol–water partition coefficient (Wildman–Crippen LogP) is 6.44. The molecule has 2 aromatic carbocycles. The van der Waals surface area contributed by atoms with Crippen molar-refractivity contribution < 1.29 is 22.7 Å². The first-order chi connectivity index (χ1) is 16.5. The summed E-state index contributed by atoms with van der Waals surface area (Å²) in [7, 11) is 1.58. The number of hydrogen-bond acceptors (Lipinski definition) is 5. The van der Waals surface area contributed by atoms with Gasteiger partial charge in [0, 0.05) is 25.2 Å². The number of aliphatic imine (C=N–C) groups is 1. The number of halogens is 3. The number of rotatable bonds is 8. The maximum atomic E-state index is 13.3. The van der Waals surface area contributed by atoms with Gasteiger partial charge in [-0.3, -0.25) is 14.6 Å². The summed E-state index contributed by atoms with van der Waals surface area (Å²) in [5.74, 6) is 0.489. The largest absolute Gasteiger partial charge is 0.497 e. The van der Waals surface area contributed by atoms with Crippen LogP contribution in [0, 0.1) is 0 Å². The second kappa shape index (κ2) is 11.3. The third-order valence-corrected chi connectivity index (χ3v) is 6.64. The van der Waals surface area contributed by atoms with Crippen LogP contribution < -0.4 is 4.74 Å². The maximum Gasteiger partial charge on any atom is 0.416 e. The van der Waals surface area contributed by atoms with Gasteiger partial charge in [-0.1, -0.05) is 12.1 Å². The van der Waals surface area contributed by atoms with Gasteiger partial charge in [0.25, 0.3) is 5.91 Å². The number of amidine groups is 1. The minimum Gasteiger partial charge on any atom is -0.497 e. The van der Waals surface area contributed by atoms with E-state index in [1.807, 2.05) is 0 Å². The van der Waals surface area contributed by atoms with Crippen LogP contribution in [-0.2, 0) is 11.0 Å². The first kappa shape index (κ1) is 26.8. The van der Waals surface area contributed by atoms with Crippen molar-refractivity contribution in [3.05, 3.63) is 64.6 Å². The van der Waals surface area contributed by atoms with Crippen LogP contribution in [0.2, 0.25) is 0 Å². The fraction of sp³-hybridized carbons (Fsp3) is 0.385. The lowest BCUT2D eigenvalue weighted by molar-refractivity contribution is -0.137. The van der Waals surface area contributed by atoms with Crippen molar-refractivity contribution in [2.45, 2.75) is 46.0 Å². The topological polar surface area (TPSA) is 45.1 Å². The summed E-state index contributed by atoms with van der Waals surface area (Å²) in [5.41, 5.74) is 0.466. The molecule has 0 aliphatic carbocycles. The van der Waals surface area contributed by atoms with Crippen molar-refractivity contribution in [3.63, 3.8) is 0 Å². The molecule has 1 heterocycles. The Morgan fingerprint density at radius 3 is 2.14 bits per heavy atom. The molecule has 0 spiro atoms. The van der Waals surface area contributed by atoms with Gasteiger partial charge in [-0.05, 0) is 87.5 Å². The zero-order chi connectivity index (χ0) is 25.8. The molecule has 0 unspecified atom stereocenters. The van der Waals surface area contributed by atoms with Crippen LogP contribution >= 0.6 is 11.8 Å². The van der Waals surface area contributed by atoms with E-state index in [0.717, 1.165) is 12.1 Å². The smallest absolute Gasteiger partial charge is 0.416 e. The van der Waals surface area contributed by atoms with Gasteiger partial charge in [0.05, 0.1) is 23.3 Å². The molecule has 1 aliphatic rings. The van der Waals surface area contributed by atoms with E-state index in [9.17, 15) is 18.0 Å². The number of hydrogen-bond donors (Lipinski definition) is 0. The highest BCUT2D eigenvalue weighted by Crippen LogP contribution is 2.35. The first-order valence-electron chi connectivity index (χ1n) is 11.4. The van der Waals surface area contributed by atoms with Gasteiger partial charge in [-0.15, -0.1) is 0 Å². The lowest BCUT2D eigenvalue weighted by Crippen LogP contribution is -2.43. The van der Waals surface area contributed by atoms with Crippen molar-refractivity contribution in [1.29, 1.82) is 0 Å². The van der Waals surface area contributed by atoms with E-state index < -0.39 is 11.7 Å². The number of nitrogens with zero attached hydrogens (tertiary/aromatic N) is 3. The monoisotopic (exact) mass is 505 g/mol. The Balaban J connectivity index is 1.90. The maximum absolute atomic E-state index is 13.3. The summed E-state index contributed by atoms with van der Waals surface area (Å²) >= 11 is 1.22. The number of thioether (sulfide) groups is 1. The number of amides is 1. The van der Waals surface area contributed by atoms with E-state index in [4.69, 9.17) is 9.73 Å². The zero-order valence-corrected chi connectivity index (χ0v) is 21.3. The Bertz CT molecular complexity index is 1070. The number of carbonyl (C=O) groups is 1. The average Bonchev–Trinajstić information content (AvgIpc) is 3.08. The summed E-state index contributed by atoms with van der Waals surface area (Å²) in [6.45, 7) is 9.57. The standard InChI is InChI=1S/C26H30F3N3O2S/c1-17(2)31(18(3)4)14-15-32-24(33)23(16-19-6-8-20(9-7-19)26(27,28)29)35-25(32)30-21-10-12-22(34-5)13-11-21/h6-13,16-18H,14-15H2,1-5H3/b23-16-,30-25?. The predicted molar refractivity (Wildman–Crippen MR) is 136 cm³/mol. The number of benzene rings is 2. The molecule has 0 aromatic heterocycles. The van der Waals surface area contributed by atoms with Crippen molar-refractivity contribution in [1.82, 2.24) is 9.80 Å². The fourth-order valence-electron chi connectivity index (χ4n) is 3.80. The van der Waals surface area contributed by atoms with E-state index in [-0.39, 0.29) is 5.91 Å². The summed E-state index contributed by atoms with van der Waals surface area (Å²) in [6, 6.07) is 12.6. The molecule has 1 aliphatic heterocycles. The quantitative estimate of drug-likeness (QED) is 0.388. The van der Waals surface area contributed by atoms with Gasteiger partial charge in [0.15, 0.2) is 5.17 Å². The molecule has 2 aromatic rings. The van der Waals surface area contributed by atoms with E-state index in [1.54, 1.807) is 42.4 Å². The van der Waals surface area contributed by atoms with Crippen LogP contribution in [0.5, 0.6) is 5.75 Å². The molecule has 0 saturated carbocycles. The molecule has 0 radical (unpaired) electrons. The SMILES string of the molecule is COc1ccc(N=C2S/C(=C\c3ccc(C(F)(F)F)cc3)C(=O)N2CCN(C(C)C)C(C)C)cc1. The molecule has 9 heteroatoms. The fourth-order valence-corrected chi connectivity index (χ4v) is 4.83. The van der Waals surface area contributed by atoms with E-state index in [2.05, 4.69) is 32.6 Å². The number of ether oxygens (including phenoxy) is 1. The number of carbonyl (C=O) groups excluding carboxylic acids is 1. The third kappa shape index (κ3) is 6.89. The second-order valence-electron chi connectivity index (χ2n) is 8.70. The van der Waals surface area contributed by atoms with Crippen LogP contribution in [0.1, 0.15) is 38.8 Å². The number of alkyl halides is 3. The van der Waals surface area contributed by atoms with E-state index in [1.165, 1.54) is 23.9 Å². The summed E-state index contributed by atoms with van der Waals surface area (Å²) in [6.07, 6.45) is -2.79. The van der Waals surface area contributed by atoms with E-state index in [0.29, 0.717) is 52.2 Å². The van der Waals surface area contributed by atoms with Gasteiger partial charge in [0.1, 0.15) is 5.75 Å². The molecule has 3 rings (SSSR count). The molecule has 0 N–H and O–H groups in total. The van der Waals surface area contributed by atoms with Crippen LogP contribution in [0.3, 0.4) is 0 Å². The number of methoxy groups -OCH3 is 1. The Morgan fingerprint density at radius 1 is 1.03 bits per heavy atom. The van der Waals surface area contributed by atoms with Crippen LogP contribution in [0.4, 0.5) is 18.9 Å². The normalized spacial score (nSPS) is 17.0. The van der Waals surface area contributed by atoms with Gasteiger partial charge in [-0.25, -0.2) is 4.99 Å². The molecule has 1 saturated heterocycles. The Morgan fingerprint density at radius 2 is 1.63 bits per heavy atom. The minimum absolute atomic E-state index is 0.213. The van der Waals surface area contributed by atoms with Crippen molar-refractivity contribution >= 4 is 34.6 Å². The molecule has 188 valence electrons. The van der Waals surface area contributed by atoms with Crippen molar-refractivity contribution in [2.24, 2.45) is 4.99 Å². The summed E-state index contributed by atoms with van der Waals surface area (Å²) in [4.78, 5) is 22.4. The minimum atomic E-state index is -4.41. The highest BCUT2D eigenvalue weighted by atomic mass is 32.2. The Labute approximate surface area is 208 Å². The van der Waals surface area contributed by atoms with Gasteiger partial charge in [-0.2, -0.15) is 13.2 Å². The highest BCUT2D eigenvalue weighted by Gasteiger charge is 2.34. The van der Waals surface area contributed by atoms with Gasteiger partial charge < -0.3 is 4.74 Å². The summed E-state index contributed by atoms with van der Waals surface area (Å²) in [5, 5.41) is 0.533. The van der Waals surface area contributed by atoms with Crippen LogP contribution in [0.15, 0.2) is 58.4 Å². The molecule has 0 atom stereocenters. The first-order valence-corrected chi connectivity index (χ1v) is 12.2. The molecule has 0 bridgehead atoms. The molecule has 1 fully saturated rings. The highest BCUT2D eigenvalue weighted by molar-refractivity contribution is 8.18. The van der Waals surface area contributed by atoms with Gasteiger partial charge >= 0.3 is 6.18 Å². The van der Waals surface area contributed by atoms with Gasteiger partial charge in [0.2, 0.25) is 0 Å². The van der Waals surface area contributed by atoms with Crippen LogP contribution in [-0.4, -0.2) is 53.2 Å². The van der Waals surface area contributed by atoms with Crippen LogP contribution in [0.25, 0.3) is 6.08 Å². The molecular weight excluding hydrogens is 475 g/mol. The lowest BCUT2D eigenvalue weighted by atomic mass is 10.1. The molecular formula is C26H30F3N3O2S. The third-order valence-electron chi connectivity index (χ3n) is 5.63.